The molecule has 4 atom stereocenters. The van der Waals surface area contributed by atoms with Crippen LogP contribution in [0.2, 0.25) is 5.02 Å². The van der Waals surface area contributed by atoms with E-state index in [1.54, 1.807) is 30.3 Å². The lowest BCUT2D eigenvalue weighted by Crippen LogP contribution is -2.10. The smallest absolute Gasteiger partial charge is 0.308 e. The summed E-state index contributed by atoms with van der Waals surface area (Å²) >= 11 is 5.99. The van der Waals surface area contributed by atoms with E-state index in [1.165, 1.54) is 0 Å². The van der Waals surface area contributed by atoms with Gasteiger partial charge in [0.2, 0.25) is 0 Å². The summed E-state index contributed by atoms with van der Waals surface area (Å²) in [7, 11) is -4.94. The van der Waals surface area contributed by atoms with E-state index < -0.39 is 24.4 Å². The molecule has 1 heterocycles. The topological polar surface area (TPSA) is 55.6 Å². The predicted molar refractivity (Wildman–Crippen MR) is 108 cm³/mol. The van der Waals surface area contributed by atoms with Crippen molar-refractivity contribution in [1.29, 1.82) is 0 Å². The molecule has 1 saturated heterocycles. The van der Waals surface area contributed by atoms with Gasteiger partial charge in [-0.15, -0.1) is 0 Å². The van der Waals surface area contributed by atoms with E-state index in [9.17, 15) is 8.77 Å². The Balaban J connectivity index is 1.97. The third-order valence-electron chi connectivity index (χ3n) is 4.30. The molecule has 0 N–H and O–H groups in total. The normalized spacial score (nSPS) is 23.2. The summed E-state index contributed by atoms with van der Waals surface area (Å²) < 4.78 is 39.4. The zero-order valence-corrected chi connectivity index (χ0v) is 18.0. The molecule has 1 aliphatic heterocycles. The minimum atomic E-state index is -3.45. The third-order valence-corrected chi connectivity index (χ3v) is 8.63. The number of hydrogen-bond donors (Lipinski definition) is 0. The Morgan fingerprint density at radius 2 is 1.59 bits per heavy atom. The number of rotatable bonds is 8. The van der Waals surface area contributed by atoms with Crippen LogP contribution < -0.4 is 0 Å². The Morgan fingerprint density at radius 3 is 2.11 bits per heavy atom. The Bertz CT molecular complexity index is 849. The van der Waals surface area contributed by atoms with Gasteiger partial charge in [-0.1, -0.05) is 41.4 Å². The fourth-order valence-electron chi connectivity index (χ4n) is 3.02. The van der Waals surface area contributed by atoms with Crippen LogP contribution in [0.5, 0.6) is 0 Å². The molecular formula is C19H23ClNO4PS. The molecule has 1 aliphatic rings. The summed E-state index contributed by atoms with van der Waals surface area (Å²) in [5.74, 6) is -0.597. The van der Waals surface area contributed by atoms with E-state index >= 15 is 0 Å². The monoisotopic (exact) mass is 427 g/mol. The highest BCUT2D eigenvalue weighted by molar-refractivity contribution is 7.83. The zero-order chi connectivity index (χ0) is 19.6. The molecule has 2 unspecified atom stereocenters. The van der Waals surface area contributed by atoms with Crippen LogP contribution in [-0.2, 0) is 24.6 Å². The van der Waals surface area contributed by atoms with E-state index in [0.29, 0.717) is 9.92 Å². The Morgan fingerprint density at radius 1 is 1.04 bits per heavy atom. The molecule has 5 nitrogen and oxygen atoms in total. The van der Waals surface area contributed by atoms with Gasteiger partial charge in [-0.3, -0.25) is 4.57 Å². The van der Waals surface area contributed by atoms with Gasteiger partial charge < -0.3 is 9.05 Å². The number of nitrogens with zero attached hydrogens (tertiary/aromatic N) is 1. The first-order valence-electron chi connectivity index (χ1n) is 8.82. The molecule has 0 saturated carbocycles. The summed E-state index contributed by atoms with van der Waals surface area (Å²) in [4.78, 5) is 0.654. The molecule has 1 fully saturated rings. The second-order valence-corrected chi connectivity index (χ2v) is 10.2. The number of aryl methyl sites for hydroxylation is 1. The lowest BCUT2D eigenvalue weighted by Gasteiger charge is -2.16. The first-order valence-corrected chi connectivity index (χ1v) is 11.9. The molecule has 2 aromatic carbocycles. The maximum atomic E-state index is 13.4. The van der Waals surface area contributed by atoms with Crippen molar-refractivity contribution in [3.63, 3.8) is 0 Å². The van der Waals surface area contributed by atoms with Crippen LogP contribution in [-0.4, -0.2) is 27.5 Å². The predicted octanol–water partition coefficient (Wildman–Crippen LogP) is 5.32. The van der Waals surface area contributed by atoms with Crippen molar-refractivity contribution in [2.24, 2.45) is 0 Å². The molecule has 27 heavy (non-hydrogen) atoms. The van der Waals surface area contributed by atoms with Gasteiger partial charge in [0.05, 0.1) is 24.2 Å². The van der Waals surface area contributed by atoms with E-state index in [2.05, 4.69) is 0 Å². The first kappa shape index (κ1) is 20.7. The second kappa shape index (κ2) is 8.56. The number of halogens is 1. The summed E-state index contributed by atoms with van der Waals surface area (Å²) in [5.41, 5.74) is 1.96. The van der Waals surface area contributed by atoms with Gasteiger partial charge in [-0.05, 0) is 50.6 Å². The standard InChI is InChI=1S/C19H23ClNO4PS/c1-4-24-26(22,25-5-2)19-18(15-8-10-16(20)11-9-15)21(19)27(23)17-12-6-14(3)7-13-17/h6-13,18-19H,4-5H2,1-3H3/t18-,19-,21?,27?/m1/s1. The molecule has 2 aromatic rings. The van der Waals surface area contributed by atoms with Crippen molar-refractivity contribution >= 4 is 30.2 Å². The molecule has 0 aromatic heterocycles. The minimum Gasteiger partial charge on any atom is -0.308 e. The van der Waals surface area contributed by atoms with Gasteiger partial charge in [0.25, 0.3) is 0 Å². The summed E-state index contributed by atoms with van der Waals surface area (Å²) in [6.07, 6.45) is 0. The summed E-state index contributed by atoms with van der Waals surface area (Å²) in [5, 5.41) is 0.611. The Hall–Kier alpha value is -1.01. The lowest BCUT2D eigenvalue weighted by atomic mass is 10.2. The molecule has 146 valence electrons. The van der Waals surface area contributed by atoms with Gasteiger partial charge in [-0.2, -0.15) is 4.31 Å². The van der Waals surface area contributed by atoms with Crippen LogP contribution in [0.3, 0.4) is 0 Å². The van der Waals surface area contributed by atoms with E-state index in [4.69, 9.17) is 20.6 Å². The van der Waals surface area contributed by atoms with E-state index in [1.807, 2.05) is 43.3 Å². The van der Waals surface area contributed by atoms with Crippen LogP contribution >= 0.6 is 19.2 Å². The highest BCUT2D eigenvalue weighted by Crippen LogP contribution is 2.68. The molecule has 0 bridgehead atoms. The van der Waals surface area contributed by atoms with Gasteiger partial charge >= 0.3 is 7.60 Å². The third kappa shape index (κ3) is 4.37. The quantitative estimate of drug-likeness (QED) is 0.422. The maximum absolute atomic E-state index is 13.4. The number of benzene rings is 2. The van der Waals surface area contributed by atoms with E-state index in [-0.39, 0.29) is 19.3 Å². The van der Waals surface area contributed by atoms with Gasteiger partial charge in [0.15, 0.2) is 0 Å². The molecule has 8 heteroatoms. The average Bonchev–Trinajstić information content (AvgIpc) is 3.39. The molecule has 0 aliphatic carbocycles. The van der Waals surface area contributed by atoms with Gasteiger partial charge in [-0.25, -0.2) is 4.21 Å². The Kier molecular flexibility index (Phi) is 6.57. The number of hydrogen-bond acceptors (Lipinski definition) is 4. The maximum Gasteiger partial charge on any atom is 0.350 e. The van der Waals surface area contributed by atoms with Gasteiger partial charge in [0, 0.05) is 5.02 Å². The molecular weight excluding hydrogens is 405 g/mol. The molecule has 3 rings (SSSR count). The SMILES string of the molecule is CCOP(=O)(OCC)[C@@H]1[C@@H](c2ccc(Cl)cc2)N1S(=O)c1ccc(C)cc1. The van der Waals surface area contributed by atoms with E-state index in [0.717, 1.165) is 11.1 Å². The van der Waals surface area contributed by atoms with Crippen LogP contribution in [0.25, 0.3) is 0 Å². The first-order chi connectivity index (χ1) is 12.9. The lowest BCUT2D eigenvalue weighted by molar-refractivity contribution is 0.216. The summed E-state index contributed by atoms with van der Waals surface area (Å²) in [6.45, 7) is 6.03. The highest BCUT2D eigenvalue weighted by atomic mass is 35.5. The fraction of sp³-hybridized carbons (Fsp3) is 0.368. The van der Waals surface area contributed by atoms with Crippen LogP contribution in [0.15, 0.2) is 53.4 Å². The molecule has 0 radical (unpaired) electrons. The van der Waals surface area contributed by atoms with Crippen molar-refractivity contribution in [3.05, 3.63) is 64.7 Å². The van der Waals surface area contributed by atoms with Crippen LogP contribution in [0, 0.1) is 6.92 Å². The highest BCUT2D eigenvalue weighted by Gasteiger charge is 2.64. The zero-order valence-electron chi connectivity index (χ0n) is 15.5. The second-order valence-electron chi connectivity index (χ2n) is 6.21. The van der Waals surface area contributed by atoms with Crippen LogP contribution in [0.1, 0.15) is 31.0 Å². The average molecular weight is 428 g/mol. The van der Waals surface area contributed by atoms with Crippen molar-refractivity contribution < 1.29 is 17.8 Å². The largest absolute Gasteiger partial charge is 0.350 e. The fourth-order valence-corrected chi connectivity index (χ4v) is 7.26. The molecule has 0 spiro atoms. The van der Waals surface area contributed by atoms with Crippen LogP contribution in [0.4, 0.5) is 0 Å². The van der Waals surface area contributed by atoms with Crippen molar-refractivity contribution in [2.75, 3.05) is 13.2 Å². The van der Waals surface area contributed by atoms with Gasteiger partial charge in [0.1, 0.15) is 16.8 Å². The van der Waals surface area contributed by atoms with Crippen molar-refractivity contribution in [3.8, 4) is 0 Å². The summed E-state index contributed by atoms with van der Waals surface area (Å²) in [6, 6.07) is 14.4. The van der Waals surface area contributed by atoms with Crippen molar-refractivity contribution in [1.82, 2.24) is 4.31 Å². The minimum absolute atomic E-state index is 0.256. The van der Waals surface area contributed by atoms with Crippen molar-refractivity contribution in [2.45, 2.75) is 37.5 Å². The molecule has 0 amide bonds. The Labute approximate surface area is 167 Å².